The van der Waals surface area contributed by atoms with E-state index < -0.39 is 11.9 Å². The first-order chi connectivity index (χ1) is 13.1. The van der Waals surface area contributed by atoms with Gasteiger partial charge in [-0.05, 0) is 25.3 Å². The van der Waals surface area contributed by atoms with Gasteiger partial charge in [-0.2, -0.15) is 0 Å². The number of carboxylic acids is 1. The van der Waals surface area contributed by atoms with E-state index >= 15 is 0 Å². The van der Waals surface area contributed by atoms with E-state index in [1.807, 2.05) is 6.92 Å². The number of ether oxygens (including phenoxy) is 1. The van der Waals surface area contributed by atoms with Crippen molar-refractivity contribution in [3.63, 3.8) is 0 Å². The molecule has 0 aromatic heterocycles. The Morgan fingerprint density at radius 1 is 0.857 bits per heavy atom. The molecule has 0 radical (unpaired) electrons. The van der Waals surface area contributed by atoms with Gasteiger partial charge in [-0.15, -0.1) is 0 Å². The van der Waals surface area contributed by atoms with E-state index in [0.717, 1.165) is 25.7 Å². The standard InChI is InChI=1S/C23H36O4.Na/c1-3-5-6-7-8-9-10-11-12-13-16-19(4-2)27-23(26)21-18-15-14-17-20(21)22(24)25;/h14-15,17-19H,3-13,16H2,1-2H3,(H,24,25);/q;+1/p-1. The van der Waals surface area contributed by atoms with Crippen LogP contribution in [0.1, 0.15) is 112 Å². The van der Waals surface area contributed by atoms with E-state index in [2.05, 4.69) is 6.92 Å². The van der Waals surface area contributed by atoms with E-state index in [1.54, 1.807) is 12.1 Å². The van der Waals surface area contributed by atoms with Gasteiger partial charge in [-0.1, -0.05) is 89.8 Å². The molecule has 1 aromatic carbocycles. The fourth-order valence-electron chi connectivity index (χ4n) is 3.26. The van der Waals surface area contributed by atoms with E-state index in [-0.39, 0.29) is 46.8 Å². The summed E-state index contributed by atoms with van der Waals surface area (Å²) < 4.78 is 5.53. The normalized spacial score (nSPS) is 11.5. The number of aromatic carboxylic acids is 1. The number of esters is 1. The Hall–Kier alpha value is -0.840. The molecule has 0 N–H and O–H groups in total. The summed E-state index contributed by atoms with van der Waals surface area (Å²) >= 11 is 0. The first-order valence-electron chi connectivity index (χ1n) is 10.6. The van der Waals surface area contributed by atoms with Crippen LogP contribution in [0.2, 0.25) is 0 Å². The van der Waals surface area contributed by atoms with Crippen molar-refractivity contribution in [2.75, 3.05) is 0 Å². The van der Waals surface area contributed by atoms with Gasteiger partial charge in [0.2, 0.25) is 0 Å². The topological polar surface area (TPSA) is 66.4 Å². The van der Waals surface area contributed by atoms with Crippen molar-refractivity contribution in [3.05, 3.63) is 35.4 Å². The van der Waals surface area contributed by atoms with Crippen molar-refractivity contribution < 1.29 is 49.0 Å². The number of hydrogen-bond donors (Lipinski definition) is 0. The molecule has 0 amide bonds. The van der Waals surface area contributed by atoms with Crippen molar-refractivity contribution in [2.45, 2.75) is 97.0 Å². The number of benzene rings is 1. The second-order valence-electron chi connectivity index (χ2n) is 7.24. The Morgan fingerprint density at radius 3 is 1.86 bits per heavy atom. The summed E-state index contributed by atoms with van der Waals surface area (Å²) in [5, 5.41) is 11.1. The van der Waals surface area contributed by atoms with Gasteiger partial charge in [0.15, 0.2) is 0 Å². The van der Waals surface area contributed by atoms with E-state index in [9.17, 15) is 14.7 Å². The monoisotopic (exact) mass is 398 g/mol. The molecular formula is C23H35NaO4. The maximum atomic E-state index is 12.3. The average Bonchev–Trinajstić information content (AvgIpc) is 2.68. The predicted molar refractivity (Wildman–Crippen MR) is 107 cm³/mol. The summed E-state index contributed by atoms with van der Waals surface area (Å²) in [7, 11) is 0. The van der Waals surface area contributed by atoms with Crippen molar-refractivity contribution in [2.24, 2.45) is 0 Å². The minimum Gasteiger partial charge on any atom is -0.545 e. The van der Waals surface area contributed by atoms with Crippen LogP contribution >= 0.6 is 0 Å². The third-order valence-electron chi connectivity index (χ3n) is 4.98. The Morgan fingerprint density at radius 2 is 1.36 bits per heavy atom. The fourth-order valence-corrected chi connectivity index (χ4v) is 3.26. The number of carbonyl (C=O) groups excluding carboxylic acids is 2. The van der Waals surface area contributed by atoms with Crippen molar-refractivity contribution in [1.82, 2.24) is 0 Å². The summed E-state index contributed by atoms with van der Waals surface area (Å²) in [6, 6.07) is 6.05. The molecule has 1 rings (SSSR count). The number of rotatable bonds is 15. The molecule has 5 heteroatoms. The second kappa shape index (κ2) is 17.1. The minimum atomic E-state index is -1.36. The van der Waals surface area contributed by atoms with Gasteiger partial charge in [0.05, 0.1) is 11.5 Å². The second-order valence-corrected chi connectivity index (χ2v) is 7.24. The molecule has 0 aliphatic rings. The van der Waals surface area contributed by atoms with Crippen molar-refractivity contribution >= 4 is 11.9 Å². The molecule has 28 heavy (non-hydrogen) atoms. The molecule has 0 fully saturated rings. The van der Waals surface area contributed by atoms with E-state index in [0.29, 0.717) is 0 Å². The van der Waals surface area contributed by atoms with Crippen LogP contribution in [0.3, 0.4) is 0 Å². The Labute approximate surface area is 192 Å². The van der Waals surface area contributed by atoms with Crippen LogP contribution in [0.5, 0.6) is 0 Å². The van der Waals surface area contributed by atoms with Gasteiger partial charge in [-0.3, -0.25) is 0 Å². The summed E-state index contributed by atoms with van der Waals surface area (Å²) in [4.78, 5) is 23.4. The van der Waals surface area contributed by atoms with Crippen LogP contribution in [-0.2, 0) is 4.74 Å². The Bertz CT molecular complexity index is 559. The summed E-state index contributed by atoms with van der Waals surface area (Å²) in [5.41, 5.74) is -0.0460. The van der Waals surface area contributed by atoms with Crippen molar-refractivity contribution in [3.8, 4) is 0 Å². The summed E-state index contributed by atoms with van der Waals surface area (Å²) in [6.07, 6.45) is 14.1. The molecule has 0 bridgehead atoms. The van der Waals surface area contributed by atoms with Crippen LogP contribution < -0.4 is 34.7 Å². The van der Waals surface area contributed by atoms with Crippen LogP contribution in [0, 0.1) is 0 Å². The Kier molecular flexibility index (Phi) is 16.5. The first-order valence-corrected chi connectivity index (χ1v) is 10.6. The molecule has 0 saturated heterocycles. The molecule has 1 unspecified atom stereocenters. The third kappa shape index (κ3) is 11.2. The van der Waals surface area contributed by atoms with Crippen LogP contribution in [-0.4, -0.2) is 18.0 Å². The smallest absolute Gasteiger partial charge is 0.545 e. The number of carbonyl (C=O) groups is 2. The van der Waals surface area contributed by atoms with Gasteiger partial charge in [0.1, 0.15) is 6.10 Å². The molecular weight excluding hydrogens is 363 g/mol. The largest absolute Gasteiger partial charge is 1.00 e. The first kappa shape index (κ1) is 27.2. The number of unbranched alkanes of at least 4 members (excludes halogenated alkanes) is 9. The summed E-state index contributed by atoms with van der Waals surface area (Å²) in [5.74, 6) is -1.93. The zero-order chi connectivity index (χ0) is 19.9. The zero-order valence-corrected chi connectivity index (χ0v) is 20.0. The van der Waals surface area contributed by atoms with Crippen molar-refractivity contribution in [1.29, 1.82) is 0 Å². The fraction of sp³-hybridized carbons (Fsp3) is 0.652. The van der Waals surface area contributed by atoms with E-state index in [1.165, 1.54) is 63.5 Å². The maximum absolute atomic E-state index is 12.3. The van der Waals surface area contributed by atoms with Crippen LogP contribution in [0.15, 0.2) is 24.3 Å². The zero-order valence-electron chi connectivity index (χ0n) is 18.0. The molecule has 0 saturated carbocycles. The van der Waals surface area contributed by atoms with Gasteiger partial charge < -0.3 is 14.6 Å². The molecule has 4 nitrogen and oxygen atoms in total. The molecule has 1 aromatic rings. The maximum Gasteiger partial charge on any atom is 1.00 e. The average molecular weight is 399 g/mol. The SMILES string of the molecule is CCCCCCCCCCCCC(CC)OC(=O)c1ccccc1C(=O)[O-].[Na+]. The van der Waals surface area contributed by atoms with E-state index in [4.69, 9.17) is 4.74 Å². The van der Waals surface area contributed by atoms with Gasteiger partial charge in [0, 0.05) is 5.56 Å². The molecule has 0 aliphatic heterocycles. The van der Waals surface area contributed by atoms with Gasteiger partial charge in [0.25, 0.3) is 0 Å². The molecule has 152 valence electrons. The van der Waals surface area contributed by atoms with Crippen LogP contribution in [0.25, 0.3) is 0 Å². The number of carboxylic acid groups (broad SMARTS) is 1. The molecule has 0 heterocycles. The third-order valence-corrected chi connectivity index (χ3v) is 4.98. The quantitative estimate of drug-likeness (QED) is 0.258. The minimum absolute atomic E-state index is 0. The molecule has 0 spiro atoms. The number of hydrogen-bond acceptors (Lipinski definition) is 4. The predicted octanol–water partition coefficient (Wildman–Crippen LogP) is 2.30. The van der Waals surface area contributed by atoms with Gasteiger partial charge in [-0.25, -0.2) is 4.79 Å². The summed E-state index contributed by atoms with van der Waals surface area (Å²) in [6.45, 7) is 4.22. The van der Waals surface area contributed by atoms with Gasteiger partial charge >= 0.3 is 35.5 Å². The molecule has 1 atom stereocenters. The Balaban J connectivity index is 0.00000729. The van der Waals surface area contributed by atoms with Crippen LogP contribution in [0.4, 0.5) is 0 Å². The molecule has 0 aliphatic carbocycles.